The van der Waals surface area contributed by atoms with E-state index >= 15 is 0 Å². The highest BCUT2D eigenvalue weighted by Crippen LogP contribution is 2.33. The van der Waals surface area contributed by atoms with Crippen LogP contribution in [0.25, 0.3) is 0 Å². The minimum absolute atomic E-state index is 0.232. The predicted molar refractivity (Wildman–Crippen MR) is 60.1 cm³/mol. The van der Waals surface area contributed by atoms with E-state index in [1.165, 1.54) is 20.0 Å². The zero-order chi connectivity index (χ0) is 11.7. The average molecular weight is 223 g/mol. The molecule has 5 nitrogen and oxygen atoms in total. The molecule has 0 aliphatic heterocycles. The summed E-state index contributed by atoms with van der Waals surface area (Å²) < 4.78 is 6.52. The molecule has 0 bridgehead atoms. The largest absolute Gasteiger partial charge is 0.464 e. The molecular formula is C11H17N3O2. The Morgan fingerprint density at radius 3 is 2.88 bits per heavy atom. The number of hydrogen-bond donors (Lipinski definition) is 1. The normalized spacial score (nSPS) is 15.1. The van der Waals surface area contributed by atoms with Crippen molar-refractivity contribution < 1.29 is 9.53 Å². The zero-order valence-electron chi connectivity index (χ0n) is 9.69. The summed E-state index contributed by atoms with van der Waals surface area (Å²) in [5, 5.41) is 0. The second-order valence-electron chi connectivity index (χ2n) is 4.27. The SMILES string of the molecule is COC(=O)c1nc(C)n(CCC2CC2)c1N. The van der Waals surface area contributed by atoms with Crippen LogP contribution >= 0.6 is 0 Å². The van der Waals surface area contributed by atoms with Gasteiger partial charge in [-0.1, -0.05) is 12.8 Å². The Bertz CT molecular complexity index is 408. The van der Waals surface area contributed by atoms with Crippen molar-refractivity contribution >= 4 is 11.8 Å². The molecule has 16 heavy (non-hydrogen) atoms. The van der Waals surface area contributed by atoms with Gasteiger partial charge in [0.2, 0.25) is 0 Å². The molecule has 2 N–H and O–H groups in total. The molecule has 0 radical (unpaired) electrons. The second-order valence-corrected chi connectivity index (χ2v) is 4.27. The summed E-state index contributed by atoms with van der Waals surface area (Å²) in [7, 11) is 1.33. The molecule has 1 aromatic heterocycles. The average Bonchev–Trinajstić information content (AvgIpc) is 3.04. The summed E-state index contributed by atoms with van der Waals surface area (Å²) >= 11 is 0. The number of carbonyl (C=O) groups excluding carboxylic acids is 1. The van der Waals surface area contributed by atoms with Crippen LogP contribution in [0.15, 0.2) is 0 Å². The van der Waals surface area contributed by atoms with Crippen molar-refractivity contribution in [3.63, 3.8) is 0 Å². The van der Waals surface area contributed by atoms with Gasteiger partial charge in [-0.2, -0.15) is 0 Å². The van der Waals surface area contributed by atoms with E-state index in [4.69, 9.17) is 5.73 Å². The first-order valence-corrected chi connectivity index (χ1v) is 5.54. The second kappa shape index (κ2) is 4.15. The van der Waals surface area contributed by atoms with Gasteiger partial charge in [0, 0.05) is 6.54 Å². The number of hydrogen-bond acceptors (Lipinski definition) is 4. The monoisotopic (exact) mass is 223 g/mol. The molecule has 0 amide bonds. The van der Waals surface area contributed by atoms with Gasteiger partial charge >= 0.3 is 5.97 Å². The minimum atomic E-state index is -0.467. The van der Waals surface area contributed by atoms with Gasteiger partial charge < -0.3 is 15.0 Å². The van der Waals surface area contributed by atoms with Crippen molar-refractivity contribution in [1.29, 1.82) is 0 Å². The number of nitrogens with zero attached hydrogens (tertiary/aromatic N) is 2. The van der Waals surface area contributed by atoms with Crippen molar-refractivity contribution in [2.24, 2.45) is 5.92 Å². The molecule has 0 unspecified atom stereocenters. The van der Waals surface area contributed by atoms with Crippen LogP contribution in [0, 0.1) is 12.8 Å². The molecule has 1 aromatic rings. The number of aromatic nitrogens is 2. The number of rotatable bonds is 4. The first kappa shape index (κ1) is 11.0. The number of carbonyl (C=O) groups is 1. The van der Waals surface area contributed by atoms with Gasteiger partial charge in [-0.05, 0) is 19.3 Å². The number of nitrogens with two attached hydrogens (primary N) is 1. The van der Waals surface area contributed by atoms with Crippen molar-refractivity contribution in [1.82, 2.24) is 9.55 Å². The van der Waals surface area contributed by atoms with Crippen molar-refractivity contribution in [3.05, 3.63) is 11.5 Å². The molecule has 1 aliphatic carbocycles. The molecule has 5 heteroatoms. The van der Waals surface area contributed by atoms with Crippen LogP contribution in [-0.4, -0.2) is 22.6 Å². The third kappa shape index (κ3) is 2.03. The van der Waals surface area contributed by atoms with Crippen LogP contribution in [0.4, 0.5) is 5.82 Å². The molecule has 88 valence electrons. The first-order valence-electron chi connectivity index (χ1n) is 5.54. The number of imidazole rings is 1. The van der Waals surface area contributed by atoms with E-state index in [1.54, 1.807) is 0 Å². The summed E-state index contributed by atoms with van der Waals surface area (Å²) in [6, 6.07) is 0. The summed E-state index contributed by atoms with van der Waals surface area (Å²) in [6.07, 6.45) is 3.75. The van der Waals surface area contributed by atoms with Crippen LogP contribution in [-0.2, 0) is 11.3 Å². The number of esters is 1. The lowest BCUT2D eigenvalue weighted by molar-refractivity contribution is 0.0595. The molecule has 0 saturated heterocycles. The molecule has 1 heterocycles. The third-order valence-electron chi connectivity index (χ3n) is 3.03. The number of aryl methyl sites for hydroxylation is 1. The Balaban J connectivity index is 2.16. The Hall–Kier alpha value is -1.52. The highest BCUT2D eigenvalue weighted by molar-refractivity contribution is 5.92. The van der Waals surface area contributed by atoms with Crippen LogP contribution < -0.4 is 5.73 Å². The molecule has 0 atom stereocenters. The van der Waals surface area contributed by atoms with Gasteiger partial charge in [0.25, 0.3) is 0 Å². The number of anilines is 1. The summed E-state index contributed by atoms with van der Waals surface area (Å²) in [4.78, 5) is 15.5. The van der Waals surface area contributed by atoms with Crippen LogP contribution in [0.5, 0.6) is 0 Å². The van der Waals surface area contributed by atoms with E-state index < -0.39 is 5.97 Å². The van der Waals surface area contributed by atoms with E-state index in [1.807, 2.05) is 11.5 Å². The molecule has 1 aliphatic rings. The Morgan fingerprint density at radius 2 is 2.31 bits per heavy atom. The predicted octanol–water partition coefficient (Wildman–Crippen LogP) is 1.36. The fraction of sp³-hybridized carbons (Fsp3) is 0.636. The van der Waals surface area contributed by atoms with Gasteiger partial charge in [-0.25, -0.2) is 9.78 Å². The van der Waals surface area contributed by atoms with Gasteiger partial charge in [0.05, 0.1) is 7.11 Å². The fourth-order valence-corrected chi connectivity index (χ4v) is 1.83. The Labute approximate surface area is 94.6 Å². The summed E-state index contributed by atoms with van der Waals surface area (Å²) in [5.41, 5.74) is 6.12. The van der Waals surface area contributed by atoms with Crippen molar-refractivity contribution in [3.8, 4) is 0 Å². The van der Waals surface area contributed by atoms with Crippen LogP contribution in [0.3, 0.4) is 0 Å². The van der Waals surface area contributed by atoms with Gasteiger partial charge in [0.15, 0.2) is 5.69 Å². The van der Waals surface area contributed by atoms with E-state index in [0.29, 0.717) is 5.82 Å². The first-order chi connectivity index (χ1) is 7.63. The third-order valence-corrected chi connectivity index (χ3v) is 3.03. The van der Waals surface area contributed by atoms with Gasteiger partial charge in [0.1, 0.15) is 11.6 Å². The van der Waals surface area contributed by atoms with E-state index in [2.05, 4.69) is 9.72 Å². The van der Waals surface area contributed by atoms with Crippen molar-refractivity contribution in [2.45, 2.75) is 32.7 Å². The van der Waals surface area contributed by atoms with Gasteiger partial charge in [-0.3, -0.25) is 0 Å². The fourth-order valence-electron chi connectivity index (χ4n) is 1.83. The highest BCUT2D eigenvalue weighted by atomic mass is 16.5. The molecule has 0 spiro atoms. The van der Waals surface area contributed by atoms with Crippen LogP contribution in [0.2, 0.25) is 0 Å². The Kier molecular flexibility index (Phi) is 2.85. The lowest BCUT2D eigenvalue weighted by atomic mass is 10.3. The smallest absolute Gasteiger partial charge is 0.360 e. The van der Waals surface area contributed by atoms with Gasteiger partial charge in [-0.15, -0.1) is 0 Å². The van der Waals surface area contributed by atoms with E-state index in [9.17, 15) is 4.79 Å². The number of methoxy groups -OCH3 is 1. The molecule has 2 rings (SSSR count). The highest BCUT2D eigenvalue weighted by Gasteiger charge is 2.23. The zero-order valence-corrected chi connectivity index (χ0v) is 9.69. The minimum Gasteiger partial charge on any atom is -0.464 e. The van der Waals surface area contributed by atoms with E-state index in [-0.39, 0.29) is 5.69 Å². The maximum absolute atomic E-state index is 11.4. The molecular weight excluding hydrogens is 206 g/mol. The van der Waals surface area contributed by atoms with E-state index in [0.717, 1.165) is 24.7 Å². The number of nitrogen functional groups attached to an aromatic ring is 1. The molecule has 0 aromatic carbocycles. The quantitative estimate of drug-likeness (QED) is 0.782. The standard InChI is InChI=1S/C11H17N3O2/c1-7-13-9(11(15)16-2)10(12)14(7)6-5-8-3-4-8/h8H,3-6,12H2,1-2H3. The Morgan fingerprint density at radius 1 is 1.62 bits per heavy atom. The topological polar surface area (TPSA) is 70.1 Å². The molecule has 1 saturated carbocycles. The summed E-state index contributed by atoms with van der Waals surface area (Å²) in [5.74, 6) is 1.57. The van der Waals surface area contributed by atoms with Crippen LogP contribution in [0.1, 0.15) is 35.6 Å². The summed E-state index contributed by atoms with van der Waals surface area (Å²) in [6.45, 7) is 2.70. The lowest BCUT2D eigenvalue weighted by Gasteiger charge is -2.06. The lowest BCUT2D eigenvalue weighted by Crippen LogP contribution is -2.09. The van der Waals surface area contributed by atoms with Crippen molar-refractivity contribution in [2.75, 3.05) is 12.8 Å². The number of ether oxygens (including phenoxy) is 1. The molecule has 1 fully saturated rings. The maximum Gasteiger partial charge on any atom is 0.360 e. The maximum atomic E-state index is 11.4.